The predicted molar refractivity (Wildman–Crippen MR) is 29.7 cm³/mol. The Hall–Kier alpha value is -1.00. The maximum absolute atomic E-state index is 12.2. The summed E-state index contributed by atoms with van der Waals surface area (Å²) in [4.78, 5) is 20.2. The van der Waals surface area contributed by atoms with Gasteiger partial charge in [-0.25, -0.2) is 0 Å². The first-order valence-corrected chi connectivity index (χ1v) is 2.54. The second kappa shape index (κ2) is 2.72. The molecule has 0 aromatic rings. The third kappa shape index (κ3) is 1.49. The number of hydrogen-bond acceptors (Lipinski definition) is 2. The van der Waals surface area contributed by atoms with Crippen molar-refractivity contribution in [2.24, 2.45) is 0 Å². The summed E-state index contributed by atoms with van der Waals surface area (Å²) in [6.07, 6.45) is 0. The molecule has 0 unspecified atom stereocenters. The molecule has 0 aliphatic carbocycles. The van der Waals surface area contributed by atoms with Crippen molar-refractivity contribution in [3.63, 3.8) is 0 Å². The Kier molecular flexibility index (Phi) is 2.45. The Morgan fingerprint density at radius 1 is 1.40 bits per heavy atom. The van der Waals surface area contributed by atoms with Crippen LogP contribution in [0.3, 0.4) is 0 Å². The number of ketones is 1. The van der Waals surface area contributed by atoms with Gasteiger partial charge in [0.1, 0.15) is 0 Å². The molecule has 0 aliphatic rings. The first kappa shape index (κ1) is 9.00. The van der Waals surface area contributed by atoms with Gasteiger partial charge in [0.2, 0.25) is 5.78 Å². The van der Waals surface area contributed by atoms with E-state index in [2.05, 4.69) is 0 Å². The van der Waals surface area contributed by atoms with Gasteiger partial charge in [0.15, 0.2) is 0 Å². The molecule has 10 heavy (non-hydrogen) atoms. The summed E-state index contributed by atoms with van der Waals surface area (Å²) in [6.45, 7) is 0.662. The summed E-state index contributed by atoms with van der Waals surface area (Å²) in [5, 5.41) is 1.68. The second-order valence-electron chi connectivity index (χ2n) is 1.71. The van der Waals surface area contributed by atoms with Crippen molar-refractivity contribution in [1.82, 2.24) is 5.32 Å². The summed E-state index contributed by atoms with van der Waals surface area (Å²) in [6, 6.07) is 0. The van der Waals surface area contributed by atoms with Crippen LogP contribution in [-0.4, -0.2) is 24.7 Å². The van der Waals surface area contributed by atoms with E-state index in [1.165, 1.54) is 0 Å². The van der Waals surface area contributed by atoms with Crippen LogP contribution in [0.4, 0.5) is 8.78 Å². The van der Waals surface area contributed by atoms with Gasteiger partial charge in [0, 0.05) is 14.0 Å². The van der Waals surface area contributed by atoms with Gasteiger partial charge < -0.3 is 5.32 Å². The highest BCUT2D eigenvalue weighted by atomic mass is 19.3. The Morgan fingerprint density at radius 3 is 1.90 bits per heavy atom. The molecule has 58 valence electrons. The van der Waals surface area contributed by atoms with E-state index in [1.807, 2.05) is 0 Å². The molecule has 0 atom stereocenters. The fourth-order valence-corrected chi connectivity index (χ4v) is 0.317. The lowest BCUT2D eigenvalue weighted by Crippen LogP contribution is -2.43. The zero-order valence-corrected chi connectivity index (χ0v) is 5.57. The summed E-state index contributed by atoms with van der Waals surface area (Å²) >= 11 is 0. The predicted octanol–water partition coefficient (Wildman–Crippen LogP) is -0.0433. The van der Waals surface area contributed by atoms with E-state index >= 15 is 0 Å². The minimum Gasteiger partial charge on any atom is -0.354 e. The molecule has 0 saturated heterocycles. The Morgan fingerprint density at radius 2 is 1.80 bits per heavy atom. The van der Waals surface area contributed by atoms with Gasteiger partial charge in [-0.15, -0.1) is 0 Å². The Labute approximate surface area is 56.4 Å². The largest absolute Gasteiger partial charge is 0.381 e. The summed E-state index contributed by atoms with van der Waals surface area (Å²) < 4.78 is 24.4. The van der Waals surface area contributed by atoms with Crippen molar-refractivity contribution >= 4 is 11.7 Å². The molecular formula is C5H7F2NO2. The van der Waals surface area contributed by atoms with Crippen molar-refractivity contribution in [3.8, 4) is 0 Å². The summed E-state index contributed by atoms with van der Waals surface area (Å²) in [5.74, 6) is -6.90. The van der Waals surface area contributed by atoms with Crippen molar-refractivity contribution in [1.29, 1.82) is 0 Å². The minimum atomic E-state index is -3.88. The van der Waals surface area contributed by atoms with E-state index in [1.54, 1.807) is 5.32 Å². The fourth-order valence-electron chi connectivity index (χ4n) is 0.317. The Balaban J connectivity index is 4.40. The SMILES string of the molecule is CNC(=O)C(F)(F)C(C)=O. The first-order valence-electron chi connectivity index (χ1n) is 2.54. The molecule has 0 aliphatic heterocycles. The zero-order chi connectivity index (χ0) is 8.36. The van der Waals surface area contributed by atoms with E-state index in [-0.39, 0.29) is 0 Å². The molecule has 3 nitrogen and oxygen atoms in total. The van der Waals surface area contributed by atoms with Crippen molar-refractivity contribution in [2.75, 3.05) is 7.05 Å². The van der Waals surface area contributed by atoms with Gasteiger partial charge in [0.25, 0.3) is 5.91 Å². The number of carbonyl (C=O) groups excluding carboxylic acids is 2. The van der Waals surface area contributed by atoms with Gasteiger partial charge in [-0.3, -0.25) is 9.59 Å². The van der Waals surface area contributed by atoms with Crippen molar-refractivity contribution < 1.29 is 18.4 Å². The Bertz CT molecular complexity index is 167. The topological polar surface area (TPSA) is 46.2 Å². The number of carbonyl (C=O) groups is 2. The zero-order valence-electron chi connectivity index (χ0n) is 5.57. The van der Waals surface area contributed by atoms with Gasteiger partial charge in [0.05, 0.1) is 0 Å². The molecule has 0 bridgehead atoms. The van der Waals surface area contributed by atoms with E-state index in [0.717, 1.165) is 7.05 Å². The lowest BCUT2D eigenvalue weighted by atomic mass is 10.2. The molecule has 1 N–H and O–H groups in total. The molecular weight excluding hydrogens is 144 g/mol. The van der Waals surface area contributed by atoms with Gasteiger partial charge in [-0.1, -0.05) is 0 Å². The van der Waals surface area contributed by atoms with Gasteiger partial charge in [-0.2, -0.15) is 8.78 Å². The number of Topliss-reactive ketones (excluding diaryl/α,β-unsaturated/α-hetero) is 1. The average molecular weight is 151 g/mol. The van der Waals surface area contributed by atoms with Crippen LogP contribution in [0.5, 0.6) is 0 Å². The van der Waals surface area contributed by atoms with Crippen LogP contribution in [0.25, 0.3) is 0 Å². The van der Waals surface area contributed by atoms with Crippen LogP contribution in [0.1, 0.15) is 6.92 Å². The van der Waals surface area contributed by atoms with Crippen molar-refractivity contribution in [2.45, 2.75) is 12.8 Å². The van der Waals surface area contributed by atoms with Gasteiger partial charge >= 0.3 is 5.92 Å². The highest BCUT2D eigenvalue weighted by molar-refractivity contribution is 6.06. The number of amides is 1. The normalized spacial score (nSPS) is 10.8. The summed E-state index contributed by atoms with van der Waals surface area (Å²) in [7, 11) is 1.04. The number of rotatable bonds is 2. The maximum Gasteiger partial charge on any atom is 0.381 e. The van der Waals surface area contributed by atoms with E-state index in [4.69, 9.17) is 0 Å². The lowest BCUT2D eigenvalue weighted by molar-refractivity contribution is -0.156. The molecule has 0 rings (SSSR count). The molecule has 0 aromatic carbocycles. The summed E-state index contributed by atoms with van der Waals surface area (Å²) in [5.41, 5.74) is 0. The third-order valence-corrected chi connectivity index (χ3v) is 0.954. The van der Waals surface area contributed by atoms with Crippen LogP contribution in [0, 0.1) is 0 Å². The van der Waals surface area contributed by atoms with Crippen LogP contribution >= 0.6 is 0 Å². The average Bonchev–Trinajstić information content (AvgIpc) is 1.86. The molecule has 0 saturated carbocycles. The molecule has 0 spiro atoms. The third-order valence-electron chi connectivity index (χ3n) is 0.954. The number of hydrogen-bond donors (Lipinski definition) is 1. The minimum absolute atomic E-state index is 0.662. The molecule has 0 fully saturated rings. The molecule has 5 heteroatoms. The monoisotopic (exact) mass is 151 g/mol. The van der Waals surface area contributed by atoms with Crippen LogP contribution in [-0.2, 0) is 9.59 Å². The van der Waals surface area contributed by atoms with E-state index < -0.39 is 17.6 Å². The number of alkyl halides is 2. The standard InChI is InChI=1S/C5H7F2NO2/c1-3(9)5(6,7)4(10)8-2/h1-2H3,(H,8,10). The second-order valence-corrected chi connectivity index (χ2v) is 1.71. The quantitative estimate of drug-likeness (QED) is 0.563. The fraction of sp³-hybridized carbons (Fsp3) is 0.600. The molecule has 0 heterocycles. The highest BCUT2D eigenvalue weighted by Gasteiger charge is 2.43. The van der Waals surface area contributed by atoms with Gasteiger partial charge in [-0.05, 0) is 0 Å². The number of halogens is 2. The smallest absolute Gasteiger partial charge is 0.354 e. The first-order chi connectivity index (χ1) is 4.42. The van der Waals surface area contributed by atoms with Crippen LogP contribution < -0.4 is 5.32 Å². The molecule has 0 radical (unpaired) electrons. The lowest BCUT2D eigenvalue weighted by Gasteiger charge is -2.08. The van der Waals surface area contributed by atoms with Crippen LogP contribution in [0.2, 0.25) is 0 Å². The number of nitrogens with one attached hydrogen (secondary N) is 1. The van der Waals surface area contributed by atoms with E-state index in [0.29, 0.717) is 6.92 Å². The maximum atomic E-state index is 12.2. The highest BCUT2D eigenvalue weighted by Crippen LogP contribution is 2.13. The molecule has 0 aromatic heterocycles. The van der Waals surface area contributed by atoms with Crippen molar-refractivity contribution in [3.05, 3.63) is 0 Å². The van der Waals surface area contributed by atoms with E-state index in [9.17, 15) is 18.4 Å². The molecule has 1 amide bonds. The van der Waals surface area contributed by atoms with Crippen LogP contribution in [0.15, 0.2) is 0 Å².